The molecule has 1 aliphatic carbocycles. The number of halogens is 1. The van der Waals surface area contributed by atoms with Gasteiger partial charge in [0.15, 0.2) is 18.1 Å². The molecule has 1 aliphatic rings. The molecule has 0 radical (unpaired) electrons. The first-order valence-electron chi connectivity index (χ1n) is 8.15. The van der Waals surface area contributed by atoms with Crippen LogP contribution in [-0.4, -0.2) is 19.6 Å². The molecular weight excluding hydrogens is 360 g/mol. The molecule has 1 atom stereocenters. The lowest BCUT2D eigenvalue weighted by atomic mass is 9.94. The molecule has 0 saturated heterocycles. The van der Waals surface area contributed by atoms with Crippen LogP contribution in [0.4, 0.5) is 0 Å². The maximum atomic E-state index is 10.9. The van der Waals surface area contributed by atoms with E-state index >= 15 is 0 Å². The van der Waals surface area contributed by atoms with Crippen molar-refractivity contribution in [3.8, 4) is 11.5 Å². The summed E-state index contributed by atoms with van der Waals surface area (Å²) >= 11 is 8.13. The molecule has 3 N–H and O–H groups in total. The Labute approximate surface area is 156 Å². The molecule has 0 fully saturated rings. The number of nitrogens with one attached hydrogen (secondary N) is 1. The van der Waals surface area contributed by atoms with Gasteiger partial charge in [0, 0.05) is 17.5 Å². The van der Waals surface area contributed by atoms with Crippen molar-refractivity contribution in [2.75, 3.05) is 13.7 Å². The summed E-state index contributed by atoms with van der Waals surface area (Å²) in [6.07, 6.45) is 3.51. The number of thiophene rings is 1. The van der Waals surface area contributed by atoms with Crippen LogP contribution in [0.25, 0.3) is 0 Å². The van der Waals surface area contributed by atoms with Gasteiger partial charge in [0.05, 0.1) is 12.1 Å². The van der Waals surface area contributed by atoms with E-state index in [0.29, 0.717) is 29.1 Å². The van der Waals surface area contributed by atoms with Crippen molar-refractivity contribution in [2.45, 2.75) is 31.8 Å². The zero-order valence-corrected chi connectivity index (χ0v) is 15.6. The molecule has 1 aromatic carbocycles. The Kier molecular flexibility index (Phi) is 5.83. The van der Waals surface area contributed by atoms with Gasteiger partial charge < -0.3 is 20.5 Å². The van der Waals surface area contributed by atoms with Gasteiger partial charge in [-0.15, -0.1) is 11.3 Å². The van der Waals surface area contributed by atoms with E-state index in [4.69, 9.17) is 26.8 Å². The molecule has 0 spiro atoms. The van der Waals surface area contributed by atoms with Crippen LogP contribution in [0.1, 0.15) is 34.9 Å². The summed E-state index contributed by atoms with van der Waals surface area (Å²) in [4.78, 5) is 12.4. The fourth-order valence-corrected chi connectivity index (χ4v) is 4.37. The first-order chi connectivity index (χ1) is 12.1. The molecule has 1 amide bonds. The monoisotopic (exact) mass is 380 g/mol. The second kappa shape index (κ2) is 8.08. The van der Waals surface area contributed by atoms with E-state index in [0.717, 1.165) is 12.0 Å². The molecule has 5 nitrogen and oxygen atoms in total. The number of benzene rings is 1. The minimum atomic E-state index is -0.562. The Morgan fingerprint density at radius 1 is 1.48 bits per heavy atom. The summed E-state index contributed by atoms with van der Waals surface area (Å²) in [5.41, 5.74) is 7.52. The van der Waals surface area contributed by atoms with E-state index in [-0.39, 0.29) is 6.61 Å². The second-order valence-electron chi connectivity index (χ2n) is 5.99. The summed E-state index contributed by atoms with van der Waals surface area (Å²) < 4.78 is 10.7. The van der Waals surface area contributed by atoms with Crippen molar-refractivity contribution in [2.24, 2.45) is 5.73 Å². The maximum Gasteiger partial charge on any atom is 0.255 e. The lowest BCUT2D eigenvalue weighted by Gasteiger charge is -2.24. The average molecular weight is 381 g/mol. The predicted molar refractivity (Wildman–Crippen MR) is 99.5 cm³/mol. The highest BCUT2D eigenvalue weighted by molar-refractivity contribution is 7.10. The second-order valence-corrected chi connectivity index (χ2v) is 7.40. The third-order valence-corrected chi connectivity index (χ3v) is 5.53. The normalized spacial score (nSPS) is 16.3. The van der Waals surface area contributed by atoms with Crippen LogP contribution in [0.5, 0.6) is 11.5 Å². The quantitative estimate of drug-likeness (QED) is 0.771. The number of carbonyl (C=O) groups excluding carboxylic acids is 1. The van der Waals surface area contributed by atoms with Crippen molar-refractivity contribution in [1.29, 1.82) is 0 Å². The Morgan fingerprint density at radius 3 is 3.08 bits per heavy atom. The molecule has 1 unspecified atom stereocenters. The summed E-state index contributed by atoms with van der Waals surface area (Å²) in [6.45, 7) is 0.433. The van der Waals surface area contributed by atoms with E-state index < -0.39 is 5.91 Å². The fourth-order valence-electron chi connectivity index (χ4n) is 3.10. The number of primary amides is 1. The van der Waals surface area contributed by atoms with Crippen LogP contribution in [0.2, 0.25) is 5.02 Å². The Balaban J connectivity index is 1.71. The largest absolute Gasteiger partial charge is 0.493 e. The number of rotatable bonds is 7. The SMILES string of the molecule is COc1cc(CNC2CCCc3sccc32)cc(Cl)c1OCC(N)=O. The first-order valence-corrected chi connectivity index (χ1v) is 9.41. The molecule has 0 aliphatic heterocycles. The molecule has 7 heteroatoms. The van der Waals surface area contributed by atoms with Gasteiger partial charge in [0.1, 0.15) is 0 Å². The van der Waals surface area contributed by atoms with Gasteiger partial charge in [0.25, 0.3) is 5.91 Å². The Hall–Kier alpha value is -1.76. The lowest BCUT2D eigenvalue weighted by Crippen LogP contribution is -2.24. The molecule has 25 heavy (non-hydrogen) atoms. The standard InChI is InChI=1S/C18H21ClN2O3S/c1-23-15-8-11(7-13(19)18(15)24-10-17(20)22)9-21-14-3-2-4-16-12(14)5-6-25-16/h5-8,14,21H,2-4,9-10H2,1H3,(H2,20,22). The summed E-state index contributed by atoms with van der Waals surface area (Å²) in [6, 6.07) is 6.27. The highest BCUT2D eigenvalue weighted by Gasteiger charge is 2.21. The zero-order chi connectivity index (χ0) is 17.8. The van der Waals surface area contributed by atoms with Gasteiger partial charge in [0.2, 0.25) is 0 Å². The molecule has 2 aromatic rings. The van der Waals surface area contributed by atoms with Crippen molar-refractivity contribution >= 4 is 28.8 Å². The van der Waals surface area contributed by atoms with E-state index in [1.165, 1.54) is 23.3 Å². The number of hydrogen-bond donors (Lipinski definition) is 2. The van der Waals surface area contributed by atoms with E-state index in [1.807, 2.05) is 23.5 Å². The summed E-state index contributed by atoms with van der Waals surface area (Å²) in [5, 5.41) is 6.17. The molecule has 3 rings (SSSR count). The molecule has 1 heterocycles. The van der Waals surface area contributed by atoms with Crippen molar-refractivity contribution in [1.82, 2.24) is 5.32 Å². The first kappa shape index (κ1) is 18.0. The molecular formula is C18H21ClN2O3S. The fraction of sp³-hybridized carbons (Fsp3) is 0.389. The third-order valence-electron chi connectivity index (χ3n) is 4.25. The number of hydrogen-bond acceptors (Lipinski definition) is 5. The van der Waals surface area contributed by atoms with Gasteiger partial charge >= 0.3 is 0 Å². The molecule has 1 aromatic heterocycles. The highest BCUT2D eigenvalue weighted by atomic mass is 35.5. The van der Waals surface area contributed by atoms with Crippen molar-refractivity contribution in [3.63, 3.8) is 0 Å². The van der Waals surface area contributed by atoms with Crippen LogP contribution in [0.15, 0.2) is 23.6 Å². The van der Waals surface area contributed by atoms with Crippen LogP contribution >= 0.6 is 22.9 Å². The van der Waals surface area contributed by atoms with E-state index in [9.17, 15) is 4.79 Å². The van der Waals surface area contributed by atoms with Crippen LogP contribution < -0.4 is 20.5 Å². The number of ether oxygens (including phenoxy) is 2. The van der Waals surface area contributed by atoms with Gasteiger partial charge in [-0.3, -0.25) is 4.79 Å². The minimum Gasteiger partial charge on any atom is -0.493 e. The molecule has 0 bridgehead atoms. The minimum absolute atomic E-state index is 0.239. The van der Waals surface area contributed by atoms with Crippen molar-refractivity contribution in [3.05, 3.63) is 44.6 Å². The van der Waals surface area contributed by atoms with Gasteiger partial charge in [-0.25, -0.2) is 0 Å². The number of amides is 1. The average Bonchev–Trinajstić information content (AvgIpc) is 3.07. The van der Waals surface area contributed by atoms with Crippen LogP contribution in [0.3, 0.4) is 0 Å². The third kappa shape index (κ3) is 4.26. The van der Waals surface area contributed by atoms with Crippen LogP contribution in [0, 0.1) is 0 Å². The lowest BCUT2D eigenvalue weighted by molar-refractivity contribution is -0.119. The number of nitrogens with two attached hydrogens (primary N) is 1. The zero-order valence-electron chi connectivity index (χ0n) is 14.0. The Bertz CT molecular complexity index is 763. The number of aryl methyl sites for hydroxylation is 1. The topological polar surface area (TPSA) is 73.6 Å². The van der Waals surface area contributed by atoms with E-state index in [1.54, 1.807) is 7.11 Å². The van der Waals surface area contributed by atoms with Gasteiger partial charge in [-0.2, -0.15) is 0 Å². The van der Waals surface area contributed by atoms with Gasteiger partial charge in [-0.05, 0) is 54.0 Å². The van der Waals surface area contributed by atoms with E-state index in [2.05, 4.69) is 16.8 Å². The summed E-state index contributed by atoms with van der Waals surface area (Å²) in [5.74, 6) is 0.266. The smallest absolute Gasteiger partial charge is 0.255 e. The maximum absolute atomic E-state index is 10.9. The Morgan fingerprint density at radius 2 is 2.32 bits per heavy atom. The number of methoxy groups -OCH3 is 1. The highest BCUT2D eigenvalue weighted by Crippen LogP contribution is 2.37. The van der Waals surface area contributed by atoms with Gasteiger partial charge in [-0.1, -0.05) is 11.6 Å². The number of carbonyl (C=O) groups is 1. The van der Waals surface area contributed by atoms with Crippen molar-refractivity contribution < 1.29 is 14.3 Å². The predicted octanol–water partition coefficient (Wildman–Crippen LogP) is 3.44. The molecule has 134 valence electrons. The summed E-state index contributed by atoms with van der Waals surface area (Å²) in [7, 11) is 1.54. The molecule has 0 saturated carbocycles. The van der Waals surface area contributed by atoms with Crippen LogP contribution in [-0.2, 0) is 17.8 Å². The number of fused-ring (bicyclic) bond motifs is 1.